The Labute approximate surface area is 128 Å². The van der Waals surface area contributed by atoms with Crippen molar-refractivity contribution in [3.8, 4) is 0 Å². The molecule has 6 heteroatoms. The van der Waals surface area contributed by atoms with E-state index >= 15 is 0 Å². The number of nitrogens with zero attached hydrogens (tertiary/aromatic N) is 1. The molecule has 0 unspecified atom stereocenters. The normalized spacial score (nSPS) is 25.9. The molecule has 2 N–H and O–H groups in total. The van der Waals surface area contributed by atoms with Gasteiger partial charge in [0, 0.05) is 18.7 Å². The van der Waals surface area contributed by atoms with E-state index in [0.29, 0.717) is 18.3 Å². The molecule has 3 rings (SSSR count). The first-order valence-corrected chi connectivity index (χ1v) is 7.85. The van der Waals surface area contributed by atoms with Gasteiger partial charge >= 0.3 is 0 Å². The van der Waals surface area contributed by atoms with Crippen molar-refractivity contribution in [2.75, 3.05) is 0 Å². The molecule has 2 amide bonds. The predicted octanol–water partition coefficient (Wildman–Crippen LogP) is 0.822. The Morgan fingerprint density at radius 2 is 1.95 bits per heavy atom. The molecule has 0 spiro atoms. The lowest BCUT2D eigenvalue weighted by molar-refractivity contribution is -0.130. The third-order valence-corrected chi connectivity index (χ3v) is 4.89. The van der Waals surface area contributed by atoms with Crippen molar-refractivity contribution in [1.82, 2.24) is 15.4 Å². The highest BCUT2D eigenvalue weighted by Crippen LogP contribution is 2.49. The highest BCUT2D eigenvalue weighted by atomic mass is 16.2. The van der Waals surface area contributed by atoms with E-state index in [9.17, 15) is 14.4 Å². The van der Waals surface area contributed by atoms with Gasteiger partial charge in [-0.3, -0.25) is 25.2 Å². The molecule has 0 saturated heterocycles. The second kappa shape index (κ2) is 6.34. The number of nitrogens with one attached hydrogen (secondary N) is 2. The van der Waals surface area contributed by atoms with Crippen molar-refractivity contribution in [2.24, 2.45) is 17.8 Å². The highest BCUT2D eigenvalue weighted by Gasteiger charge is 2.40. The number of hydrogen-bond donors (Lipinski definition) is 2. The molecule has 0 aliphatic heterocycles. The van der Waals surface area contributed by atoms with Crippen LogP contribution in [-0.4, -0.2) is 16.4 Å². The van der Waals surface area contributed by atoms with Crippen molar-refractivity contribution in [1.29, 1.82) is 0 Å². The zero-order valence-electron chi connectivity index (χ0n) is 12.5. The zero-order valence-corrected chi connectivity index (χ0v) is 12.5. The van der Waals surface area contributed by atoms with Gasteiger partial charge in [0.15, 0.2) is 0 Å². The molecule has 3 atom stereocenters. The molecule has 6 nitrogen and oxygen atoms in total. The Morgan fingerprint density at radius 1 is 1.14 bits per heavy atom. The van der Waals surface area contributed by atoms with Gasteiger partial charge in [0.1, 0.15) is 6.54 Å². The predicted molar refractivity (Wildman–Crippen MR) is 80.5 cm³/mol. The molecule has 0 radical (unpaired) electrons. The minimum Gasteiger partial charge on any atom is -0.306 e. The Hall–Kier alpha value is -2.11. The molecule has 2 aliphatic carbocycles. The van der Waals surface area contributed by atoms with E-state index in [0.717, 1.165) is 12.3 Å². The van der Waals surface area contributed by atoms with Crippen LogP contribution in [0.2, 0.25) is 0 Å². The van der Waals surface area contributed by atoms with Gasteiger partial charge in [0.2, 0.25) is 5.91 Å². The summed E-state index contributed by atoms with van der Waals surface area (Å²) in [7, 11) is 0. The van der Waals surface area contributed by atoms with E-state index in [2.05, 4.69) is 10.9 Å². The second-order valence-electron chi connectivity index (χ2n) is 6.40. The third kappa shape index (κ3) is 3.37. The van der Waals surface area contributed by atoms with Crippen LogP contribution < -0.4 is 16.4 Å². The van der Waals surface area contributed by atoms with Crippen LogP contribution in [0.3, 0.4) is 0 Å². The largest absolute Gasteiger partial charge is 0.306 e. The first-order chi connectivity index (χ1) is 10.6. The van der Waals surface area contributed by atoms with Gasteiger partial charge in [-0.2, -0.15) is 0 Å². The van der Waals surface area contributed by atoms with Crippen molar-refractivity contribution >= 4 is 11.8 Å². The maximum atomic E-state index is 11.9. The second-order valence-corrected chi connectivity index (χ2v) is 6.40. The summed E-state index contributed by atoms with van der Waals surface area (Å²) in [6.07, 6.45) is 6.98. The van der Waals surface area contributed by atoms with E-state index in [1.165, 1.54) is 29.9 Å². The number of fused-ring (bicyclic) bond motifs is 2. The van der Waals surface area contributed by atoms with Crippen LogP contribution in [0.25, 0.3) is 0 Å². The standard InChI is InChI=1S/C16H21N3O3/c20-14(9-13-8-11-4-5-12(13)7-11)17-18-15(21)10-19-6-2-1-3-16(19)22/h1-3,6,11-13H,4-5,7-10H2,(H,17,20)(H,18,21)/t11-,12+,13+/m0/s1. The van der Waals surface area contributed by atoms with Gasteiger partial charge in [-0.1, -0.05) is 12.5 Å². The summed E-state index contributed by atoms with van der Waals surface area (Å²) in [6, 6.07) is 4.69. The number of aromatic nitrogens is 1. The maximum absolute atomic E-state index is 11.9. The van der Waals surface area contributed by atoms with Crippen LogP contribution in [0.1, 0.15) is 32.1 Å². The Bertz CT molecular complexity index is 625. The number of carbonyl (C=O) groups is 2. The number of amides is 2. The molecule has 1 aromatic heterocycles. The van der Waals surface area contributed by atoms with Gasteiger partial charge in [-0.05, 0) is 43.1 Å². The van der Waals surface area contributed by atoms with Crippen molar-refractivity contribution < 1.29 is 9.59 Å². The number of rotatable bonds is 4. The molecule has 2 saturated carbocycles. The molecular weight excluding hydrogens is 282 g/mol. The molecule has 0 aromatic carbocycles. The van der Waals surface area contributed by atoms with E-state index in [4.69, 9.17) is 0 Å². The lowest BCUT2D eigenvalue weighted by Gasteiger charge is -2.20. The summed E-state index contributed by atoms with van der Waals surface area (Å²) < 4.78 is 1.29. The summed E-state index contributed by atoms with van der Waals surface area (Å²) in [6.45, 7) is -0.103. The van der Waals surface area contributed by atoms with E-state index in [1.54, 1.807) is 18.3 Å². The first-order valence-electron chi connectivity index (χ1n) is 7.85. The molecule has 2 fully saturated rings. The fourth-order valence-electron chi connectivity index (χ4n) is 3.84. The molecule has 1 heterocycles. The van der Waals surface area contributed by atoms with Crippen molar-refractivity contribution in [3.63, 3.8) is 0 Å². The van der Waals surface area contributed by atoms with Gasteiger partial charge in [-0.25, -0.2) is 0 Å². The van der Waals surface area contributed by atoms with Crippen LogP contribution in [-0.2, 0) is 16.1 Å². The molecule has 2 aliphatic rings. The van der Waals surface area contributed by atoms with Crippen LogP contribution >= 0.6 is 0 Å². The SMILES string of the molecule is O=C(C[C@H]1C[C@H]2CC[C@@H]1C2)NNC(=O)Cn1ccccc1=O. The Morgan fingerprint density at radius 3 is 2.64 bits per heavy atom. The van der Waals surface area contributed by atoms with Gasteiger partial charge in [-0.15, -0.1) is 0 Å². The third-order valence-electron chi connectivity index (χ3n) is 4.89. The Balaban J connectivity index is 1.42. The first kappa shape index (κ1) is 14.8. The molecule has 2 bridgehead atoms. The Kier molecular flexibility index (Phi) is 4.27. The number of hydrazine groups is 1. The quantitative estimate of drug-likeness (QED) is 0.808. The number of carbonyl (C=O) groups excluding carboxylic acids is 2. The van der Waals surface area contributed by atoms with Gasteiger partial charge in [0.05, 0.1) is 0 Å². The van der Waals surface area contributed by atoms with Crippen LogP contribution in [0, 0.1) is 17.8 Å². The maximum Gasteiger partial charge on any atom is 0.258 e. The van der Waals surface area contributed by atoms with Gasteiger partial charge in [0.25, 0.3) is 11.5 Å². The summed E-state index contributed by atoms with van der Waals surface area (Å²) in [5.41, 5.74) is 4.59. The summed E-state index contributed by atoms with van der Waals surface area (Å²) in [5, 5.41) is 0. The monoisotopic (exact) mass is 303 g/mol. The smallest absolute Gasteiger partial charge is 0.258 e. The topological polar surface area (TPSA) is 80.2 Å². The molecule has 1 aromatic rings. The van der Waals surface area contributed by atoms with E-state index in [1.807, 2.05) is 0 Å². The fourth-order valence-corrected chi connectivity index (χ4v) is 3.84. The van der Waals surface area contributed by atoms with Crippen molar-refractivity contribution in [3.05, 3.63) is 34.7 Å². The van der Waals surface area contributed by atoms with Crippen LogP contribution in [0.5, 0.6) is 0 Å². The number of hydrogen-bond acceptors (Lipinski definition) is 3. The van der Waals surface area contributed by atoms with E-state index < -0.39 is 5.91 Å². The minimum absolute atomic E-state index is 0.103. The molecular formula is C16H21N3O3. The average Bonchev–Trinajstić information content (AvgIpc) is 3.10. The average molecular weight is 303 g/mol. The molecule has 22 heavy (non-hydrogen) atoms. The summed E-state index contributed by atoms with van der Waals surface area (Å²) in [4.78, 5) is 35.1. The lowest BCUT2D eigenvalue weighted by Crippen LogP contribution is -2.44. The van der Waals surface area contributed by atoms with Gasteiger partial charge < -0.3 is 4.57 Å². The lowest BCUT2D eigenvalue weighted by atomic mass is 9.86. The highest BCUT2D eigenvalue weighted by molar-refractivity contribution is 5.82. The molecule has 118 valence electrons. The van der Waals surface area contributed by atoms with Crippen LogP contribution in [0.15, 0.2) is 29.2 Å². The summed E-state index contributed by atoms with van der Waals surface area (Å²) in [5.74, 6) is 1.41. The number of pyridine rings is 1. The summed E-state index contributed by atoms with van der Waals surface area (Å²) >= 11 is 0. The van der Waals surface area contributed by atoms with Crippen LogP contribution in [0.4, 0.5) is 0 Å². The van der Waals surface area contributed by atoms with E-state index in [-0.39, 0.29) is 18.0 Å². The van der Waals surface area contributed by atoms with Crippen molar-refractivity contribution in [2.45, 2.75) is 38.6 Å². The zero-order chi connectivity index (χ0) is 15.5. The fraction of sp³-hybridized carbons (Fsp3) is 0.562. The minimum atomic E-state index is -0.408.